The van der Waals surface area contributed by atoms with Gasteiger partial charge >= 0.3 is 0 Å². The molecule has 0 bridgehead atoms. The molecule has 62 valence electrons. The van der Waals surface area contributed by atoms with Crippen molar-refractivity contribution in [1.82, 2.24) is 0 Å². The molecule has 1 rings (SSSR count). The molecule has 0 spiro atoms. The second kappa shape index (κ2) is 3.72. The third kappa shape index (κ3) is 2.23. The molecule has 0 heterocycles. The molecule has 2 nitrogen and oxygen atoms in total. The molecular formula is C10H11NO. The summed E-state index contributed by atoms with van der Waals surface area (Å²) in [5.74, 6) is -0.376. The van der Waals surface area contributed by atoms with Crippen LogP contribution in [0.4, 0.5) is 0 Å². The largest absolute Gasteiger partial charge is 0.366 e. The van der Waals surface area contributed by atoms with Gasteiger partial charge in [-0.25, -0.2) is 0 Å². The van der Waals surface area contributed by atoms with E-state index in [0.29, 0.717) is 5.57 Å². The van der Waals surface area contributed by atoms with Gasteiger partial charge in [-0.05, 0) is 18.6 Å². The van der Waals surface area contributed by atoms with Gasteiger partial charge in [0.15, 0.2) is 0 Å². The highest BCUT2D eigenvalue weighted by molar-refractivity contribution is 5.95. The SMILES string of the molecule is CC(=Cc1ccccc1)C(N)=O. The van der Waals surface area contributed by atoms with E-state index >= 15 is 0 Å². The first-order valence-electron chi connectivity index (χ1n) is 3.73. The van der Waals surface area contributed by atoms with Crippen molar-refractivity contribution in [3.8, 4) is 0 Å². The number of primary amides is 1. The molecule has 0 unspecified atom stereocenters. The summed E-state index contributed by atoms with van der Waals surface area (Å²) in [6.07, 6.45) is 1.77. The van der Waals surface area contributed by atoms with Gasteiger partial charge in [-0.15, -0.1) is 0 Å². The van der Waals surface area contributed by atoms with E-state index in [1.54, 1.807) is 13.0 Å². The summed E-state index contributed by atoms with van der Waals surface area (Å²) in [4.78, 5) is 10.7. The molecule has 0 saturated heterocycles. The predicted octanol–water partition coefficient (Wildman–Crippen LogP) is 1.58. The van der Waals surface area contributed by atoms with Crippen molar-refractivity contribution in [3.63, 3.8) is 0 Å². The van der Waals surface area contributed by atoms with Crippen LogP contribution in [-0.2, 0) is 4.79 Å². The van der Waals surface area contributed by atoms with Gasteiger partial charge in [-0.3, -0.25) is 4.79 Å². The molecule has 0 aromatic heterocycles. The van der Waals surface area contributed by atoms with Crippen LogP contribution >= 0.6 is 0 Å². The third-order valence-electron chi connectivity index (χ3n) is 1.57. The Morgan fingerprint density at radius 1 is 1.33 bits per heavy atom. The Hall–Kier alpha value is -1.57. The topological polar surface area (TPSA) is 43.1 Å². The second-order valence-electron chi connectivity index (χ2n) is 2.60. The van der Waals surface area contributed by atoms with E-state index < -0.39 is 0 Å². The molecule has 0 radical (unpaired) electrons. The number of nitrogens with two attached hydrogens (primary N) is 1. The number of benzene rings is 1. The molecule has 0 saturated carbocycles. The van der Waals surface area contributed by atoms with Gasteiger partial charge in [0.25, 0.3) is 0 Å². The maximum absolute atomic E-state index is 10.7. The van der Waals surface area contributed by atoms with E-state index in [9.17, 15) is 4.79 Å². The van der Waals surface area contributed by atoms with Crippen LogP contribution in [0.25, 0.3) is 6.08 Å². The standard InChI is InChI=1S/C10H11NO/c1-8(10(11)12)7-9-5-3-2-4-6-9/h2-7H,1H3,(H2,11,12). The number of carbonyl (C=O) groups excluding carboxylic acids is 1. The predicted molar refractivity (Wildman–Crippen MR) is 49.3 cm³/mol. The minimum Gasteiger partial charge on any atom is -0.366 e. The Kier molecular flexibility index (Phi) is 2.64. The van der Waals surface area contributed by atoms with Crippen molar-refractivity contribution in [2.24, 2.45) is 5.73 Å². The van der Waals surface area contributed by atoms with E-state index in [2.05, 4.69) is 0 Å². The van der Waals surface area contributed by atoms with E-state index in [1.807, 2.05) is 30.3 Å². The van der Waals surface area contributed by atoms with Crippen LogP contribution in [0.15, 0.2) is 35.9 Å². The first-order chi connectivity index (χ1) is 5.70. The highest BCUT2D eigenvalue weighted by Crippen LogP contribution is 2.04. The number of amides is 1. The van der Waals surface area contributed by atoms with Gasteiger partial charge < -0.3 is 5.73 Å². The fourth-order valence-corrected chi connectivity index (χ4v) is 0.870. The van der Waals surface area contributed by atoms with Crippen LogP contribution in [0.1, 0.15) is 12.5 Å². The fraction of sp³-hybridized carbons (Fsp3) is 0.100. The summed E-state index contributed by atoms with van der Waals surface area (Å²) in [5, 5.41) is 0. The molecule has 0 aliphatic carbocycles. The van der Waals surface area contributed by atoms with E-state index in [1.165, 1.54) is 0 Å². The zero-order valence-corrected chi connectivity index (χ0v) is 6.95. The molecule has 0 atom stereocenters. The summed E-state index contributed by atoms with van der Waals surface area (Å²) in [7, 11) is 0. The maximum atomic E-state index is 10.7. The molecular weight excluding hydrogens is 150 g/mol. The van der Waals surface area contributed by atoms with E-state index in [4.69, 9.17) is 5.73 Å². The highest BCUT2D eigenvalue weighted by Gasteiger charge is 1.95. The van der Waals surface area contributed by atoms with E-state index in [0.717, 1.165) is 5.56 Å². The lowest BCUT2D eigenvalue weighted by atomic mass is 10.1. The maximum Gasteiger partial charge on any atom is 0.244 e. The van der Waals surface area contributed by atoms with Gasteiger partial charge in [-0.1, -0.05) is 30.3 Å². The van der Waals surface area contributed by atoms with Crippen molar-refractivity contribution in [2.45, 2.75) is 6.92 Å². The highest BCUT2D eigenvalue weighted by atomic mass is 16.1. The van der Waals surface area contributed by atoms with Gasteiger partial charge in [0.2, 0.25) is 5.91 Å². The average molecular weight is 161 g/mol. The van der Waals surface area contributed by atoms with Gasteiger partial charge in [0.1, 0.15) is 0 Å². The summed E-state index contributed by atoms with van der Waals surface area (Å²) >= 11 is 0. The van der Waals surface area contributed by atoms with Gasteiger partial charge in [-0.2, -0.15) is 0 Å². The Bertz CT molecular complexity index is 301. The van der Waals surface area contributed by atoms with Crippen molar-refractivity contribution in [1.29, 1.82) is 0 Å². The molecule has 12 heavy (non-hydrogen) atoms. The molecule has 0 fully saturated rings. The van der Waals surface area contributed by atoms with Crippen molar-refractivity contribution in [2.75, 3.05) is 0 Å². The number of rotatable bonds is 2. The second-order valence-corrected chi connectivity index (χ2v) is 2.60. The molecule has 2 N–H and O–H groups in total. The minimum absolute atomic E-state index is 0.376. The Labute approximate surface area is 71.7 Å². The smallest absolute Gasteiger partial charge is 0.244 e. The lowest BCUT2D eigenvalue weighted by Gasteiger charge is -1.94. The van der Waals surface area contributed by atoms with Crippen molar-refractivity contribution >= 4 is 12.0 Å². The summed E-state index contributed by atoms with van der Waals surface area (Å²) in [5.41, 5.74) is 6.64. The van der Waals surface area contributed by atoms with Crippen LogP contribution in [0.2, 0.25) is 0 Å². The zero-order chi connectivity index (χ0) is 8.97. The van der Waals surface area contributed by atoms with Crippen LogP contribution in [-0.4, -0.2) is 5.91 Å². The van der Waals surface area contributed by atoms with Crippen LogP contribution in [0.5, 0.6) is 0 Å². The summed E-state index contributed by atoms with van der Waals surface area (Å²) in [6, 6.07) is 9.61. The lowest BCUT2D eigenvalue weighted by Crippen LogP contribution is -2.11. The Morgan fingerprint density at radius 2 is 1.92 bits per heavy atom. The summed E-state index contributed by atoms with van der Waals surface area (Å²) in [6.45, 7) is 1.70. The zero-order valence-electron chi connectivity index (χ0n) is 6.95. The average Bonchev–Trinajstić information content (AvgIpc) is 2.06. The first-order valence-corrected chi connectivity index (χ1v) is 3.73. The van der Waals surface area contributed by atoms with Gasteiger partial charge in [0.05, 0.1) is 0 Å². The fourth-order valence-electron chi connectivity index (χ4n) is 0.870. The number of hydrogen-bond acceptors (Lipinski definition) is 1. The normalized spacial score (nSPS) is 11.2. The summed E-state index contributed by atoms with van der Waals surface area (Å²) < 4.78 is 0. The van der Waals surface area contributed by atoms with Crippen molar-refractivity contribution < 1.29 is 4.79 Å². The molecule has 1 aromatic carbocycles. The number of carbonyl (C=O) groups is 1. The first kappa shape index (κ1) is 8.53. The minimum atomic E-state index is -0.376. The Morgan fingerprint density at radius 3 is 2.42 bits per heavy atom. The molecule has 0 aliphatic rings. The van der Waals surface area contributed by atoms with Crippen LogP contribution < -0.4 is 5.73 Å². The Balaban J connectivity index is 2.89. The number of hydrogen-bond donors (Lipinski definition) is 1. The van der Waals surface area contributed by atoms with Crippen molar-refractivity contribution in [3.05, 3.63) is 41.5 Å². The van der Waals surface area contributed by atoms with Gasteiger partial charge in [0, 0.05) is 5.57 Å². The third-order valence-corrected chi connectivity index (χ3v) is 1.57. The quantitative estimate of drug-likeness (QED) is 0.657. The molecule has 2 heteroatoms. The monoisotopic (exact) mass is 161 g/mol. The molecule has 1 aromatic rings. The molecule has 0 aliphatic heterocycles. The molecule has 1 amide bonds. The van der Waals surface area contributed by atoms with Crippen LogP contribution in [0, 0.1) is 0 Å². The van der Waals surface area contributed by atoms with E-state index in [-0.39, 0.29) is 5.91 Å². The van der Waals surface area contributed by atoms with Crippen LogP contribution in [0.3, 0.4) is 0 Å². The lowest BCUT2D eigenvalue weighted by molar-refractivity contribution is -0.114.